The molecule has 0 aliphatic rings. The van der Waals surface area contributed by atoms with Crippen LogP contribution < -0.4 is 5.73 Å². The Bertz CT molecular complexity index is 508. The molecule has 1 atom stereocenters. The van der Waals surface area contributed by atoms with Crippen LogP contribution in [0.1, 0.15) is 24.2 Å². The summed E-state index contributed by atoms with van der Waals surface area (Å²) in [5, 5.41) is 9.84. The van der Waals surface area contributed by atoms with E-state index in [1.807, 2.05) is 30.3 Å². The van der Waals surface area contributed by atoms with E-state index in [0.717, 1.165) is 12.0 Å². The Morgan fingerprint density at radius 1 is 1.11 bits per heavy atom. The predicted octanol–water partition coefficient (Wildman–Crippen LogP) is 2.91. The van der Waals surface area contributed by atoms with Gasteiger partial charge in [-0.2, -0.15) is 0 Å². The molecular formula is C16H19NO. The van der Waals surface area contributed by atoms with Crippen LogP contribution in [0.25, 0.3) is 11.1 Å². The molecule has 0 saturated heterocycles. The van der Waals surface area contributed by atoms with Gasteiger partial charge in [0, 0.05) is 6.54 Å². The van der Waals surface area contributed by atoms with Crippen LogP contribution in [-0.4, -0.2) is 11.7 Å². The van der Waals surface area contributed by atoms with E-state index < -0.39 is 6.10 Å². The highest BCUT2D eigenvalue weighted by atomic mass is 16.3. The van der Waals surface area contributed by atoms with Gasteiger partial charge in [-0.1, -0.05) is 49.4 Å². The molecule has 0 saturated carbocycles. The van der Waals surface area contributed by atoms with Crippen LogP contribution in [0.5, 0.6) is 0 Å². The first kappa shape index (κ1) is 12.8. The van der Waals surface area contributed by atoms with Crippen molar-refractivity contribution in [1.82, 2.24) is 0 Å². The van der Waals surface area contributed by atoms with Crippen LogP contribution in [-0.2, 0) is 6.42 Å². The maximum absolute atomic E-state index is 9.84. The van der Waals surface area contributed by atoms with E-state index >= 15 is 0 Å². The van der Waals surface area contributed by atoms with Crippen LogP contribution in [0.3, 0.4) is 0 Å². The molecule has 0 bridgehead atoms. The number of hydrogen-bond donors (Lipinski definition) is 2. The summed E-state index contributed by atoms with van der Waals surface area (Å²) < 4.78 is 0. The largest absolute Gasteiger partial charge is 0.387 e. The summed E-state index contributed by atoms with van der Waals surface area (Å²) in [6.07, 6.45) is 0.391. The van der Waals surface area contributed by atoms with Crippen molar-refractivity contribution < 1.29 is 5.11 Å². The molecule has 0 radical (unpaired) electrons. The van der Waals surface area contributed by atoms with Crippen LogP contribution in [0.15, 0.2) is 48.5 Å². The lowest BCUT2D eigenvalue weighted by Gasteiger charge is -2.14. The second kappa shape index (κ2) is 5.80. The molecule has 0 heterocycles. The van der Waals surface area contributed by atoms with Crippen molar-refractivity contribution in [3.8, 4) is 11.1 Å². The SMILES string of the molecule is CCc1ccc(C(O)CN)cc1-c1ccccc1. The zero-order valence-corrected chi connectivity index (χ0v) is 10.6. The van der Waals surface area contributed by atoms with E-state index in [1.165, 1.54) is 16.7 Å². The van der Waals surface area contributed by atoms with Gasteiger partial charge in [0.1, 0.15) is 0 Å². The molecule has 18 heavy (non-hydrogen) atoms. The molecule has 0 fully saturated rings. The van der Waals surface area contributed by atoms with Gasteiger partial charge < -0.3 is 10.8 Å². The molecule has 0 aromatic heterocycles. The highest BCUT2D eigenvalue weighted by Crippen LogP contribution is 2.27. The first-order valence-corrected chi connectivity index (χ1v) is 6.32. The lowest BCUT2D eigenvalue weighted by molar-refractivity contribution is 0.187. The van der Waals surface area contributed by atoms with E-state index in [-0.39, 0.29) is 6.54 Å². The second-order valence-corrected chi connectivity index (χ2v) is 4.39. The Hall–Kier alpha value is -1.64. The minimum atomic E-state index is -0.585. The Morgan fingerprint density at radius 2 is 1.83 bits per heavy atom. The number of benzene rings is 2. The highest BCUT2D eigenvalue weighted by molar-refractivity contribution is 5.68. The van der Waals surface area contributed by atoms with Crippen molar-refractivity contribution in [3.05, 3.63) is 59.7 Å². The Labute approximate surface area is 108 Å². The van der Waals surface area contributed by atoms with Gasteiger partial charge in [-0.25, -0.2) is 0 Å². The fourth-order valence-electron chi connectivity index (χ4n) is 2.13. The maximum atomic E-state index is 9.84. The number of aliphatic hydroxyl groups is 1. The van der Waals surface area contributed by atoms with Crippen molar-refractivity contribution in [2.24, 2.45) is 5.73 Å². The molecule has 94 valence electrons. The summed E-state index contributed by atoms with van der Waals surface area (Å²) in [4.78, 5) is 0. The van der Waals surface area contributed by atoms with E-state index in [9.17, 15) is 5.11 Å². The van der Waals surface area contributed by atoms with Gasteiger partial charge in [-0.05, 0) is 34.7 Å². The van der Waals surface area contributed by atoms with Crippen LogP contribution >= 0.6 is 0 Å². The van der Waals surface area contributed by atoms with Crippen molar-refractivity contribution in [1.29, 1.82) is 0 Å². The Morgan fingerprint density at radius 3 is 2.44 bits per heavy atom. The highest BCUT2D eigenvalue weighted by Gasteiger charge is 2.09. The monoisotopic (exact) mass is 241 g/mol. The van der Waals surface area contributed by atoms with Crippen molar-refractivity contribution in [3.63, 3.8) is 0 Å². The smallest absolute Gasteiger partial charge is 0.0912 e. The molecule has 0 spiro atoms. The van der Waals surface area contributed by atoms with Gasteiger partial charge in [-0.15, -0.1) is 0 Å². The average molecular weight is 241 g/mol. The Balaban J connectivity index is 2.50. The molecule has 1 unspecified atom stereocenters. The van der Waals surface area contributed by atoms with E-state index in [4.69, 9.17) is 5.73 Å². The maximum Gasteiger partial charge on any atom is 0.0912 e. The topological polar surface area (TPSA) is 46.2 Å². The fraction of sp³-hybridized carbons (Fsp3) is 0.250. The summed E-state index contributed by atoms with van der Waals surface area (Å²) in [6.45, 7) is 2.39. The molecule has 0 aliphatic carbocycles. The van der Waals surface area contributed by atoms with Crippen molar-refractivity contribution in [2.45, 2.75) is 19.4 Å². The van der Waals surface area contributed by atoms with Crippen LogP contribution in [0.4, 0.5) is 0 Å². The van der Waals surface area contributed by atoms with Gasteiger partial charge >= 0.3 is 0 Å². The first-order chi connectivity index (χ1) is 8.76. The summed E-state index contributed by atoms with van der Waals surface area (Å²) in [5.74, 6) is 0. The predicted molar refractivity (Wildman–Crippen MR) is 75.3 cm³/mol. The fourth-order valence-corrected chi connectivity index (χ4v) is 2.13. The lowest BCUT2D eigenvalue weighted by atomic mass is 9.94. The quantitative estimate of drug-likeness (QED) is 0.864. The Kier molecular flexibility index (Phi) is 4.13. The van der Waals surface area contributed by atoms with Gasteiger partial charge in [0.15, 0.2) is 0 Å². The minimum absolute atomic E-state index is 0.250. The molecule has 2 nitrogen and oxygen atoms in total. The number of rotatable bonds is 4. The lowest BCUT2D eigenvalue weighted by Crippen LogP contribution is -2.11. The molecular weight excluding hydrogens is 222 g/mol. The van der Waals surface area contributed by atoms with Gasteiger partial charge in [0.2, 0.25) is 0 Å². The first-order valence-electron chi connectivity index (χ1n) is 6.32. The van der Waals surface area contributed by atoms with E-state index in [2.05, 4.69) is 25.1 Å². The van der Waals surface area contributed by atoms with Crippen LogP contribution in [0.2, 0.25) is 0 Å². The van der Waals surface area contributed by atoms with E-state index in [0.29, 0.717) is 0 Å². The standard InChI is InChI=1S/C16H19NO/c1-2-12-8-9-14(16(18)11-17)10-15(12)13-6-4-3-5-7-13/h3-10,16,18H,2,11,17H2,1H3. The number of nitrogens with two attached hydrogens (primary N) is 1. The zero-order valence-electron chi connectivity index (χ0n) is 10.6. The summed E-state index contributed by atoms with van der Waals surface area (Å²) >= 11 is 0. The number of aliphatic hydroxyl groups excluding tert-OH is 1. The third kappa shape index (κ3) is 2.61. The molecule has 2 aromatic carbocycles. The summed E-state index contributed by atoms with van der Waals surface area (Å²) in [7, 11) is 0. The van der Waals surface area contributed by atoms with E-state index in [1.54, 1.807) is 0 Å². The molecule has 2 aromatic rings. The molecule has 0 amide bonds. The molecule has 0 aliphatic heterocycles. The second-order valence-electron chi connectivity index (χ2n) is 4.39. The normalized spacial score (nSPS) is 12.4. The minimum Gasteiger partial charge on any atom is -0.387 e. The van der Waals surface area contributed by atoms with Gasteiger partial charge in [0.25, 0.3) is 0 Å². The summed E-state index contributed by atoms with van der Waals surface area (Å²) in [5.41, 5.74) is 10.0. The average Bonchev–Trinajstić information content (AvgIpc) is 2.46. The summed E-state index contributed by atoms with van der Waals surface area (Å²) in [6, 6.07) is 16.3. The molecule has 2 heteroatoms. The van der Waals surface area contributed by atoms with Gasteiger partial charge in [0.05, 0.1) is 6.10 Å². The zero-order chi connectivity index (χ0) is 13.0. The molecule has 3 N–H and O–H groups in total. The third-order valence-corrected chi connectivity index (χ3v) is 3.21. The van der Waals surface area contributed by atoms with Gasteiger partial charge in [-0.3, -0.25) is 0 Å². The van der Waals surface area contributed by atoms with Crippen molar-refractivity contribution >= 4 is 0 Å². The van der Waals surface area contributed by atoms with Crippen LogP contribution in [0, 0.1) is 0 Å². The number of aryl methyl sites for hydroxylation is 1. The third-order valence-electron chi connectivity index (χ3n) is 3.21. The number of hydrogen-bond acceptors (Lipinski definition) is 2. The molecule has 2 rings (SSSR count). The van der Waals surface area contributed by atoms with Crippen molar-refractivity contribution in [2.75, 3.05) is 6.54 Å².